The number of rotatable bonds is 13. The first-order valence-corrected chi connectivity index (χ1v) is 15.7. The summed E-state index contributed by atoms with van der Waals surface area (Å²) in [6.07, 6.45) is 4.75. The van der Waals surface area contributed by atoms with Crippen molar-refractivity contribution >= 4 is 61.5 Å². The maximum absolute atomic E-state index is 14.0. The van der Waals surface area contributed by atoms with E-state index in [1.807, 2.05) is 39.2 Å². The Morgan fingerprint density at radius 3 is 2.29 bits per heavy atom. The van der Waals surface area contributed by atoms with Gasteiger partial charge in [-0.1, -0.05) is 61.2 Å². The molecule has 12 heteroatoms. The number of sulfonamides is 1. The average Bonchev–Trinajstić information content (AvgIpc) is 2.94. The summed E-state index contributed by atoms with van der Waals surface area (Å²) in [4.78, 5) is 23.3. The number of anilines is 2. The molecule has 0 saturated carbocycles. The third-order valence-electron chi connectivity index (χ3n) is 6.68. The molecule has 1 aromatic heterocycles. The molecule has 0 aliphatic heterocycles. The molecule has 0 aliphatic rings. The molecule has 4 rings (SSSR count). The van der Waals surface area contributed by atoms with Crippen LogP contribution in [0.2, 0.25) is 10.0 Å². The monoisotopic (exact) mass is 629 g/mol. The number of halogens is 2. The van der Waals surface area contributed by atoms with Gasteiger partial charge in [0.25, 0.3) is 10.0 Å². The topological polar surface area (TPSA) is 116 Å². The molecule has 0 bridgehead atoms. The normalized spacial score (nSPS) is 12.4. The van der Waals surface area contributed by atoms with E-state index in [4.69, 9.17) is 23.2 Å². The number of likely N-dealkylation sites (N-methyl/N-ethyl adjacent to an activating group) is 1. The van der Waals surface area contributed by atoms with Crippen LogP contribution >= 0.6 is 23.2 Å². The van der Waals surface area contributed by atoms with Crippen LogP contribution in [0.3, 0.4) is 0 Å². The molecule has 1 unspecified atom stereocenters. The lowest BCUT2D eigenvalue weighted by atomic mass is 10.0. The molecule has 3 aromatic carbocycles. The summed E-state index contributed by atoms with van der Waals surface area (Å²) in [5.41, 5.74) is 1.75. The van der Waals surface area contributed by atoms with E-state index in [0.29, 0.717) is 24.4 Å². The van der Waals surface area contributed by atoms with Gasteiger partial charge in [0.05, 0.1) is 28.7 Å². The Morgan fingerprint density at radius 1 is 0.976 bits per heavy atom. The second-order valence-electron chi connectivity index (χ2n) is 10.2. The van der Waals surface area contributed by atoms with E-state index in [1.54, 1.807) is 30.6 Å². The van der Waals surface area contributed by atoms with Crippen LogP contribution in [0.4, 0.5) is 11.5 Å². The number of nitrogens with zero attached hydrogens (tertiary/aromatic N) is 4. The van der Waals surface area contributed by atoms with Crippen LogP contribution < -0.4 is 9.62 Å². The Hall–Kier alpha value is -3.44. The van der Waals surface area contributed by atoms with Gasteiger partial charge in [-0.2, -0.15) is 0 Å². The highest BCUT2D eigenvalue weighted by atomic mass is 35.5. The molecule has 0 spiro atoms. The maximum atomic E-state index is 14.0. The molecule has 0 aliphatic carbocycles. The Labute approximate surface area is 256 Å². The largest absolute Gasteiger partial charge is 0.480 e. The zero-order valence-corrected chi connectivity index (χ0v) is 25.9. The van der Waals surface area contributed by atoms with Gasteiger partial charge in [0.15, 0.2) is 0 Å². The molecule has 4 aromatic rings. The minimum Gasteiger partial charge on any atom is -0.480 e. The van der Waals surface area contributed by atoms with E-state index >= 15 is 0 Å². The van der Waals surface area contributed by atoms with E-state index in [-0.39, 0.29) is 27.0 Å². The Morgan fingerprint density at radius 2 is 1.67 bits per heavy atom. The van der Waals surface area contributed by atoms with Gasteiger partial charge in [-0.05, 0) is 67.7 Å². The van der Waals surface area contributed by atoms with Crippen LogP contribution in [0.5, 0.6) is 0 Å². The summed E-state index contributed by atoms with van der Waals surface area (Å²) in [6, 6.07) is 13.3. The third-order valence-corrected chi connectivity index (χ3v) is 8.93. The molecule has 222 valence electrons. The highest BCUT2D eigenvalue weighted by Crippen LogP contribution is 2.34. The van der Waals surface area contributed by atoms with Crippen LogP contribution in [-0.4, -0.2) is 67.6 Å². The molecule has 0 radical (unpaired) electrons. The number of nitrogens with one attached hydrogen (secondary N) is 1. The number of hydrogen-bond acceptors (Lipinski definition) is 7. The number of carboxylic acid groups (broad SMARTS) is 1. The molecule has 0 fully saturated rings. The van der Waals surface area contributed by atoms with E-state index < -0.39 is 22.0 Å². The zero-order chi connectivity index (χ0) is 30.4. The number of aromatic nitrogens is 2. The lowest BCUT2D eigenvalue weighted by molar-refractivity contribution is -0.138. The minimum atomic E-state index is -4.35. The second kappa shape index (κ2) is 13.7. The van der Waals surface area contributed by atoms with E-state index in [2.05, 4.69) is 20.2 Å². The predicted molar refractivity (Wildman–Crippen MR) is 169 cm³/mol. The van der Waals surface area contributed by atoms with Crippen molar-refractivity contribution in [2.75, 3.05) is 36.8 Å². The van der Waals surface area contributed by atoms with Gasteiger partial charge < -0.3 is 15.3 Å². The second-order valence-corrected chi connectivity index (χ2v) is 12.9. The van der Waals surface area contributed by atoms with Crippen molar-refractivity contribution in [3.05, 3.63) is 77.0 Å². The summed E-state index contributed by atoms with van der Waals surface area (Å²) in [7, 11) is -0.349. The predicted octanol–water partition coefficient (Wildman–Crippen LogP) is 6.42. The van der Waals surface area contributed by atoms with Gasteiger partial charge in [0.2, 0.25) is 0 Å². The first-order valence-electron chi connectivity index (χ1n) is 13.5. The standard InChI is InChI=1S/C30H33Cl2N5O4S/c1-4-5-6-28(30(38)39)37(42(40,41)26-16-23(31)15-24(32)17-26)25-10-9-20-13-22(8-7-21(20)14-25)27-18-35-29(19-34-27)33-11-12-36(2)3/h7-10,13-19,28H,4-6,11-12H2,1-3H3,(H,33,35)(H,38,39). The highest BCUT2D eigenvalue weighted by molar-refractivity contribution is 7.93. The fourth-order valence-electron chi connectivity index (χ4n) is 4.52. The van der Waals surface area contributed by atoms with Crippen molar-refractivity contribution in [2.24, 2.45) is 0 Å². The number of carbonyl (C=O) groups is 1. The van der Waals surface area contributed by atoms with E-state index in [1.165, 1.54) is 18.2 Å². The number of aliphatic carboxylic acids is 1. The van der Waals surface area contributed by atoms with Gasteiger partial charge in [0, 0.05) is 28.7 Å². The fraction of sp³-hybridized carbons (Fsp3) is 0.300. The quantitative estimate of drug-likeness (QED) is 0.174. The molecular weight excluding hydrogens is 597 g/mol. The number of benzene rings is 3. The minimum absolute atomic E-state index is 0.132. The first-order chi connectivity index (χ1) is 20.0. The molecule has 1 atom stereocenters. The maximum Gasteiger partial charge on any atom is 0.327 e. The van der Waals surface area contributed by atoms with Crippen molar-refractivity contribution in [1.82, 2.24) is 14.9 Å². The van der Waals surface area contributed by atoms with Crippen molar-refractivity contribution in [3.63, 3.8) is 0 Å². The van der Waals surface area contributed by atoms with Gasteiger partial charge in [-0.3, -0.25) is 9.29 Å². The first kappa shape index (κ1) is 31.5. The van der Waals surface area contributed by atoms with E-state index in [0.717, 1.165) is 33.7 Å². The molecular formula is C30H33Cl2N5O4S. The lowest BCUT2D eigenvalue weighted by Crippen LogP contribution is -2.45. The van der Waals surface area contributed by atoms with Gasteiger partial charge in [-0.25, -0.2) is 18.2 Å². The Kier molecular flexibility index (Phi) is 10.3. The van der Waals surface area contributed by atoms with E-state index in [9.17, 15) is 18.3 Å². The third kappa shape index (κ3) is 7.49. The van der Waals surface area contributed by atoms with Crippen molar-refractivity contribution in [2.45, 2.75) is 37.1 Å². The summed E-state index contributed by atoms with van der Waals surface area (Å²) in [5, 5.41) is 15.2. The fourth-order valence-corrected chi connectivity index (χ4v) is 6.88. The SMILES string of the molecule is CCCCC(C(=O)O)N(c1ccc2cc(-c3cnc(NCCN(C)C)cn3)ccc2c1)S(=O)(=O)c1cc(Cl)cc(Cl)c1. The molecule has 2 N–H and O–H groups in total. The lowest BCUT2D eigenvalue weighted by Gasteiger charge is -2.30. The number of carboxylic acids is 1. The van der Waals surface area contributed by atoms with Gasteiger partial charge in [0.1, 0.15) is 11.9 Å². The van der Waals surface area contributed by atoms with Gasteiger partial charge in [-0.15, -0.1) is 0 Å². The summed E-state index contributed by atoms with van der Waals surface area (Å²) in [6.45, 7) is 3.53. The Balaban J connectivity index is 1.71. The Bertz CT molecular complexity index is 1650. The van der Waals surface area contributed by atoms with Crippen LogP contribution in [0.15, 0.2) is 71.9 Å². The molecule has 0 saturated heterocycles. The number of hydrogen-bond donors (Lipinski definition) is 2. The van der Waals surface area contributed by atoms with Crippen molar-refractivity contribution < 1.29 is 18.3 Å². The average molecular weight is 631 g/mol. The number of unbranched alkanes of at least 4 members (excludes halogenated alkanes) is 1. The smallest absolute Gasteiger partial charge is 0.327 e. The van der Waals surface area contributed by atoms with Crippen LogP contribution in [-0.2, 0) is 14.8 Å². The van der Waals surface area contributed by atoms with Gasteiger partial charge >= 0.3 is 5.97 Å². The van der Waals surface area contributed by atoms with Crippen molar-refractivity contribution in [3.8, 4) is 11.3 Å². The molecule has 9 nitrogen and oxygen atoms in total. The summed E-state index contributed by atoms with van der Waals surface area (Å²) >= 11 is 12.2. The molecule has 1 heterocycles. The summed E-state index contributed by atoms with van der Waals surface area (Å²) < 4.78 is 28.9. The van der Waals surface area contributed by atoms with Crippen LogP contribution in [0, 0.1) is 0 Å². The number of fused-ring (bicyclic) bond motifs is 1. The van der Waals surface area contributed by atoms with Crippen molar-refractivity contribution in [1.29, 1.82) is 0 Å². The highest BCUT2D eigenvalue weighted by Gasteiger charge is 2.36. The molecule has 0 amide bonds. The zero-order valence-electron chi connectivity index (χ0n) is 23.6. The molecule has 42 heavy (non-hydrogen) atoms. The summed E-state index contributed by atoms with van der Waals surface area (Å²) in [5.74, 6) is -0.557. The van der Waals surface area contributed by atoms with Crippen LogP contribution in [0.25, 0.3) is 22.0 Å². The van der Waals surface area contributed by atoms with Crippen LogP contribution in [0.1, 0.15) is 26.2 Å².